The molecule has 0 radical (unpaired) electrons. The largest absolute Gasteiger partial charge is 0.478 e. The lowest BCUT2D eigenvalue weighted by atomic mass is 9.93. The third kappa shape index (κ3) is 2.21. The number of carbonyl (C=O) groups is 2. The second-order valence-corrected chi connectivity index (χ2v) is 5.82. The zero-order chi connectivity index (χ0) is 16.6. The summed E-state index contributed by atoms with van der Waals surface area (Å²) in [6.07, 6.45) is 4.19. The predicted molar refractivity (Wildman–Crippen MR) is 81.0 cm³/mol. The van der Waals surface area contributed by atoms with Gasteiger partial charge in [-0.3, -0.25) is 4.79 Å². The first-order valence-electron chi connectivity index (χ1n) is 7.83. The Hall–Kier alpha value is -2.34. The molecule has 122 valence electrons. The minimum atomic E-state index is -2.04. The SMILES string of the molecule is CCCCCCC1=C(C(=O)O)C2(O)c3ccccc3C(=O)N2O1. The van der Waals surface area contributed by atoms with Gasteiger partial charge in [-0.1, -0.05) is 44.4 Å². The van der Waals surface area contributed by atoms with Crippen LogP contribution < -0.4 is 0 Å². The number of nitrogens with zero attached hydrogens (tertiary/aromatic N) is 1. The lowest BCUT2D eigenvalue weighted by Gasteiger charge is -2.25. The van der Waals surface area contributed by atoms with E-state index in [1.165, 1.54) is 0 Å². The van der Waals surface area contributed by atoms with Crippen LogP contribution in [0.15, 0.2) is 35.6 Å². The molecular formula is C17H19NO5. The summed E-state index contributed by atoms with van der Waals surface area (Å²) < 4.78 is 0. The molecule has 0 bridgehead atoms. The van der Waals surface area contributed by atoms with Crippen molar-refractivity contribution in [3.63, 3.8) is 0 Å². The monoisotopic (exact) mass is 317 g/mol. The Labute approximate surface area is 133 Å². The summed E-state index contributed by atoms with van der Waals surface area (Å²) >= 11 is 0. The van der Waals surface area contributed by atoms with E-state index in [2.05, 4.69) is 6.92 Å². The van der Waals surface area contributed by atoms with Crippen molar-refractivity contribution in [2.24, 2.45) is 0 Å². The molecule has 0 saturated heterocycles. The van der Waals surface area contributed by atoms with Crippen LogP contribution in [0.2, 0.25) is 0 Å². The standard InChI is InChI=1S/C17H19NO5/c1-2-3-4-5-10-13-14(16(20)21)17(22)12-9-7-6-8-11(12)15(19)18(17)23-13/h6-9,22H,2-5,10H2,1H3,(H,20,21). The fourth-order valence-electron chi connectivity index (χ4n) is 3.18. The Balaban J connectivity index is 1.99. The molecular weight excluding hydrogens is 298 g/mol. The Bertz CT molecular complexity index is 696. The fourth-order valence-corrected chi connectivity index (χ4v) is 3.18. The molecule has 2 N–H and O–H groups in total. The minimum absolute atomic E-state index is 0.166. The highest BCUT2D eigenvalue weighted by atomic mass is 16.7. The van der Waals surface area contributed by atoms with Gasteiger partial charge in [-0.05, 0) is 12.5 Å². The van der Waals surface area contributed by atoms with Crippen LogP contribution in [0.25, 0.3) is 0 Å². The molecule has 1 amide bonds. The molecule has 0 aromatic heterocycles. The van der Waals surface area contributed by atoms with Gasteiger partial charge in [-0.2, -0.15) is 0 Å². The van der Waals surface area contributed by atoms with Crippen molar-refractivity contribution in [2.75, 3.05) is 0 Å². The van der Waals surface area contributed by atoms with Crippen molar-refractivity contribution in [1.29, 1.82) is 0 Å². The number of benzene rings is 1. The number of hydrogen-bond donors (Lipinski definition) is 2. The number of rotatable bonds is 6. The number of hydrogen-bond acceptors (Lipinski definition) is 4. The molecule has 2 aliphatic rings. The lowest BCUT2D eigenvalue weighted by Crippen LogP contribution is -2.41. The Morgan fingerprint density at radius 3 is 2.70 bits per heavy atom. The number of carbonyl (C=O) groups excluding carboxylic acids is 1. The first kappa shape index (κ1) is 15.6. The van der Waals surface area contributed by atoms with Crippen LogP contribution in [0.4, 0.5) is 0 Å². The zero-order valence-corrected chi connectivity index (χ0v) is 12.9. The third-order valence-corrected chi connectivity index (χ3v) is 4.31. The van der Waals surface area contributed by atoms with E-state index in [1.54, 1.807) is 24.3 Å². The van der Waals surface area contributed by atoms with E-state index in [4.69, 9.17) is 4.84 Å². The lowest BCUT2D eigenvalue weighted by molar-refractivity contribution is -0.193. The van der Waals surface area contributed by atoms with E-state index in [9.17, 15) is 19.8 Å². The van der Waals surface area contributed by atoms with Crippen molar-refractivity contribution in [2.45, 2.75) is 44.8 Å². The summed E-state index contributed by atoms with van der Waals surface area (Å²) in [5.41, 5.74) is -1.78. The second-order valence-electron chi connectivity index (χ2n) is 5.82. The van der Waals surface area contributed by atoms with Crippen LogP contribution in [-0.2, 0) is 15.4 Å². The van der Waals surface area contributed by atoms with Gasteiger partial charge in [0.15, 0.2) is 0 Å². The van der Waals surface area contributed by atoms with Crippen molar-refractivity contribution in [3.8, 4) is 0 Å². The number of fused-ring (bicyclic) bond motifs is 3. The number of unbranched alkanes of at least 4 members (excludes halogenated alkanes) is 3. The van der Waals surface area contributed by atoms with E-state index < -0.39 is 17.6 Å². The van der Waals surface area contributed by atoms with E-state index >= 15 is 0 Å². The van der Waals surface area contributed by atoms with Gasteiger partial charge in [0.2, 0.25) is 5.72 Å². The van der Waals surface area contributed by atoms with Crippen LogP contribution in [0.5, 0.6) is 0 Å². The average Bonchev–Trinajstić information content (AvgIpc) is 2.94. The molecule has 1 atom stereocenters. The summed E-state index contributed by atoms with van der Waals surface area (Å²) in [6, 6.07) is 6.43. The van der Waals surface area contributed by atoms with Crippen LogP contribution in [0.1, 0.15) is 54.9 Å². The second kappa shape index (κ2) is 5.70. The Morgan fingerprint density at radius 2 is 2.00 bits per heavy atom. The first-order chi connectivity index (χ1) is 11.0. The highest BCUT2D eigenvalue weighted by Crippen LogP contribution is 2.49. The quantitative estimate of drug-likeness (QED) is 0.787. The van der Waals surface area contributed by atoms with Gasteiger partial charge in [0.1, 0.15) is 11.3 Å². The number of carboxylic acids is 1. The number of amides is 1. The van der Waals surface area contributed by atoms with E-state index in [0.717, 1.165) is 30.7 Å². The van der Waals surface area contributed by atoms with Gasteiger partial charge < -0.3 is 15.1 Å². The maximum Gasteiger partial charge on any atom is 0.340 e. The maximum atomic E-state index is 12.4. The maximum absolute atomic E-state index is 12.4. The van der Waals surface area contributed by atoms with E-state index in [1.807, 2.05) is 0 Å². The van der Waals surface area contributed by atoms with Gasteiger partial charge in [0.25, 0.3) is 5.91 Å². The number of aliphatic carboxylic acids is 1. The molecule has 23 heavy (non-hydrogen) atoms. The van der Waals surface area contributed by atoms with Crippen LogP contribution in [0, 0.1) is 0 Å². The van der Waals surface area contributed by atoms with E-state index in [0.29, 0.717) is 6.42 Å². The van der Waals surface area contributed by atoms with Crippen LogP contribution >= 0.6 is 0 Å². The van der Waals surface area contributed by atoms with Crippen molar-refractivity contribution < 1.29 is 24.6 Å². The molecule has 2 heterocycles. The molecule has 1 unspecified atom stereocenters. The molecule has 0 saturated carbocycles. The van der Waals surface area contributed by atoms with Crippen LogP contribution in [0.3, 0.4) is 0 Å². The number of hydroxylamine groups is 2. The molecule has 0 aliphatic carbocycles. The Kier molecular flexibility index (Phi) is 3.85. The molecule has 1 aromatic rings. The molecule has 0 spiro atoms. The summed E-state index contributed by atoms with van der Waals surface area (Å²) in [5, 5.41) is 21.4. The normalized spacial score (nSPS) is 22.2. The smallest absolute Gasteiger partial charge is 0.340 e. The zero-order valence-electron chi connectivity index (χ0n) is 12.9. The minimum Gasteiger partial charge on any atom is -0.478 e. The summed E-state index contributed by atoms with van der Waals surface area (Å²) in [7, 11) is 0. The third-order valence-electron chi connectivity index (χ3n) is 4.31. The first-order valence-corrected chi connectivity index (χ1v) is 7.83. The topological polar surface area (TPSA) is 87.1 Å². The van der Waals surface area contributed by atoms with Crippen LogP contribution in [-0.4, -0.2) is 27.2 Å². The van der Waals surface area contributed by atoms with E-state index in [-0.39, 0.29) is 22.5 Å². The summed E-state index contributed by atoms with van der Waals surface area (Å²) in [6.45, 7) is 2.09. The fraction of sp³-hybridized carbons (Fsp3) is 0.412. The molecule has 6 heteroatoms. The predicted octanol–water partition coefficient (Wildman–Crippen LogP) is 2.54. The highest BCUT2D eigenvalue weighted by molar-refractivity contribution is 6.03. The van der Waals surface area contributed by atoms with Gasteiger partial charge >= 0.3 is 5.97 Å². The summed E-state index contributed by atoms with van der Waals surface area (Å²) in [5.74, 6) is -1.63. The number of allylic oxidation sites excluding steroid dienone is 1. The molecule has 1 aromatic carbocycles. The van der Waals surface area contributed by atoms with Gasteiger partial charge in [-0.15, -0.1) is 5.06 Å². The molecule has 3 rings (SSSR count). The van der Waals surface area contributed by atoms with Crippen molar-refractivity contribution in [1.82, 2.24) is 5.06 Å². The van der Waals surface area contributed by atoms with Gasteiger partial charge in [0, 0.05) is 12.0 Å². The molecule has 2 aliphatic heterocycles. The average molecular weight is 317 g/mol. The Morgan fingerprint density at radius 1 is 1.26 bits per heavy atom. The number of carboxylic acid groups (broad SMARTS) is 1. The van der Waals surface area contributed by atoms with Gasteiger partial charge in [0.05, 0.1) is 5.56 Å². The van der Waals surface area contributed by atoms with Crippen molar-refractivity contribution in [3.05, 3.63) is 46.7 Å². The number of aliphatic hydroxyl groups is 1. The molecule has 0 fully saturated rings. The highest BCUT2D eigenvalue weighted by Gasteiger charge is 2.60. The molecule has 6 nitrogen and oxygen atoms in total. The summed E-state index contributed by atoms with van der Waals surface area (Å²) in [4.78, 5) is 29.6. The van der Waals surface area contributed by atoms with Crippen molar-refractivity contribution >= 4 is 11.9 Å². The van der Waals surface area contributed by atoms with Gasteiger partial charge in [-0.25, -0.2) is 4.79 Å².